The maximum atomic E-state index is 11.4. The number of carbonyl (C=O) groups is 1. The van der Waals surface area contributed by atoms with Crippen LogP contribution in [0.3, 0.4) is 0 Å². The third kappa shape index (κ3) is 2.71. The topological polar surface area (TPSA) is 62.7 Å². The smallest absolute Gasteiger partial charge is 0.356 e. The molecule has 0 radical (unpaired) electrons. The van der Waals surface area contributed by atoms with Gasteiger partial charge in [-0.25, -0.2) is 9.78 Å². The first-order valence-electron chi connectivity index (χ1n) is 7.29. The van der Waals surface area contributed by atoms with Crippen LogP contribution in [-0.4, -0.2) is 35.3 Å². The molecule has 1 aliphatic heterocycles. The Hall–Kier alpha value is -1.78. The van der Waals surface area contributed by atoms with Gasteiger partial charge >= 0.3 is 5.97 Å². The van der Waals surface area contributed by atoms with Crippen molar-refractivity contribution in [2.45, 2.75) is 38.6 Å². The molecular formula is C15H20N2O3. The standard InChI is InChI=1S/C15H20N2O3/c1-10-3-2-8-17(10)12-6-7-13(16-14(12)15(18)19)20-9-11-4-5-11/h6-7,10-11H,2-5,8-9H2,1H3,(H,18,19). The van der Waals surface area contributed by atoms with Gasteiger partial charge in [-0.1, -0.05) is 0 Å². The lowest BCUT2D eigenvalue weighted by atomic mass is 10.2. The van der Waals surface area contributed by atoms with Gasteiger partial charge < -0.3 is 14.7 Å². The number of hydrogen-bond donors (Lipinski definition) is 1. The number of ether oxygens (including phenoxy) is 1. The van der Waals surface area contributed by atoms with E-state index in [1.54, 1.807) is 6.07 Å². The minimum absolute atomic E-state index is 0.104. The normalized spacial score (nSPS) is 22.1. The van der Waals surface area contributed by atoms with E-state index in [9.17, 15) is 9.90 Å². The number of anilines is 1. The number of aromatic nitrogens is 1. The highest BCUT2D eigenvalue weighted by atomic mass is 16.5. The van der Waals surface area contributed by atoms with Crippen molar-refractivity contribution in [2.24, 2.45) is 5.92 Å². The SMILES string of the molecule is CC1CCCN1c1ccc(OCC2CC2)nc1C(=O)O. The van der Waals surface area contributed by atoms with E-state index in [0.29, 0.717) is 30.1 Å². The quantitative estimate of drug-likeness (QED) is 0.895. The lowest BCUT2D eigenvalue weighted by molar-refractivity contribution is 0.0690. The van der Waals surface area contributed by atoms with Crippen LogP contribution in [0.15, 0.2) is 12.1 Å². The number of rotatable bonds is 5. The van der Waals surface area contributed by atoms with Gasteiger partial charge in [-0.2, -0.15) is 0 Å². The molecule has 1 aromatic heterocycles. The van der Waals surface area contributed by atoms with Crippen LogP contribution in [-0.2, 0) is 0 Å². The number of nitrogens with zero attached hydrogens (tertiary/aromatic N) is 2. The van der Waals surface area contributed by atoms with Crippen LogP contribution >= 0.6 is 0 Å². The molecule has 1 unspecified atom stereocenters. The van der Waals surface area contributed by atoms with Crippen LogP contribution in [0.4, 0.5) is 5.69 Å². The molecule has 2 heterocycles. The Morgan fingerprint density at radius 1 is 1.45 bits per heavy atom. The minimum atomic E-state index is -0.990. The first-order valence-corrected chi connectivity index (χ1v) is 7.29. The van der Waals surface area contributed by atoms with Gasteiger partial charge in [0.15, 0.2) is 5.69 Å². The Bertz CT molecular complexity index is 514. The second-order valence-electron chi connectivity index (χ2n) is 5.76. The fourth-order valence-electron chi connectivity index (χ4n) is 2.68. The monoisotopic (exact) mass is 276 g/mol. The third-order valence-corrected chi connectivity index (χ3v) is 4.08. The molecule has 20 heavy (non-hydrogen) atoms. The largest absolute Gasteiger partial charge is 0.477 e. The van der Waals surface area contributed by atoms with Gasteiger partial charge in [0.1, 0.15) is 0 Å². The lowest BCUT2D eigenvalue weighted by Crippen LogP contribution is -2.28. The molecule has 2 fully saturated rings. The zero-order chi connectivity index (χ0) is 14.1. The molecule has 1 saturated carbocycles. The summed E-state index contributed by atoms with van der Waals surface area (Å²) in [4.78, 5) is 17.8. The Balaban J connectivity index is 1.83. The Morgan fingerprint density at radius 2 is 2.25 bits per heavy atom. The van der Waals surface area contributed by atoms with Crippen molar-refractivity contribution in [3.63, 3.8) is 0 Å². The number of hydrogen-bond acceptors (Lipinski definition) is 4. The van der Waals surface area contributed by atoms with E-state index in [0.717, 1.165) is 19.4 Å². The van der Waals surface area contributed by atoms with Crippen molar-refractivity contribution >= 4 is 11.7 Å². The molecule has 0 aromatic carbocycles. The van der Waals surface area contributed by atoms with E-state index in [1.165, 1.54) is 12.8 Å². The number of carboxylic acid groups (broad SMARTS) is 1. The predicted molar refractivity (Wildman–Crippen MR) is 75.5 cm³/mol. The Morgan fingerprint density at radius 3 is 2.85 bits per heavy atom. The molecule has 1 atom stereocenters. The molecular weight excluding hydrogens is 256 g/mol. The maximum Gasteiger partial charge on any atom is 0.356 e. The summed E-state index contributed by atoms with van der Waals surface area (Å²) >= 11 is 0. The van der Waals surface area contributed by atoms with Crippen LogP contribution in [0.5, 0.6) is 5.88 Å². The summed E-state index contributed by atoms with van der Waals surface area (Å²) in [7, 11) is 0. The van der Waals surface area contributed by atoms with E-state index < -0.39 is 5.97 Å². The summed E-state index contributed by atoms with van der Waals surface area (Å²) < 4.78 is 5.57. The zero-order valence-electron chi connectivity index (χ0n) is 11.7. The maximum absolute atomic E-state index is 11.4. The number of carboxylic acids is 1. The Kier molecular flexibility index (Phi) is 3.51. The average molecular weight is 276 g/mol. The molecule has 108 valence electrons. The van der Waals surface area contributed by atoms with Gasteiger partial charge in [-0.15, -0.1) is 0 Å². The first kappa shape index (κ1) is 13.2. The van der Waals surface area contributed by atoms with Crippen LogP contribution in [0.25, 0.3) is 0 Å². The van der Waals surface area contributed by atoms with Crippen molar-refractivity contribution < 1.29 is 14.6 Å². The average Bonchev–Trinajstić information content (AvgIpc) is 3.17. The summed E-state index contributed by atoms with van der Waals surface area (Å²) in [6.07, 6.45) is 4.60. The highest BCUT2D eigenvalue weighted by Crippen LogP contribution is 2.31. The van der Waals surface area contributed by atoms with E-state index >= 15 is 0 Å². The molecule has 5 heteroatoms. The molecule has 1 aliphatic carbocycles. The van der Waals surface area contributed by atoms with Gasteiger partial charge in [-0.05, 0) is 44.6 Å². The molecule has 0 amide bonds. The molecule has 1 saturated heterocycles. The number of aromatic carboxylic acids is 1. The van der Waals surface area contributed by atoms with E-state index in [1.807, 2.05) is 6.07 Å². The summed E-state index contributed by atoms with van der Waals surface area (Å²) in [5.74, 6) is 0.0595. The lowest BCUT2D eigenvalue weighted by Gasteiger charge is -2.25. The van der Waals surface area contributed by atoms with Crippen LogP contribution in [0, 0.1) is 5.92 Å². The van der Waals surface area contributed by atoms with E-state index in [4.69, 9.17) is 4.74 Å². The number of pyridine rings is 1. The van der Waals surface area contributed by atoms with Crippen molar-refractivity contribution in [3.05, 3.63) is 17.8 Å². The second kappa shape index (κ2) is 5.31. The fourth-order valence-corrected chi connectivity index (χ4v) is 2.68. The third-order valence-electron chi connectivity index (χ3n) is 4.08. The van der Waals surface area contributed by atoms with Gasteiger partial charge in [0.2, 0.25) is 5.88 Å². The molecule has 0 spiro atoms. The van der Waals surface area contributed by atoms with Gasteiger partial charge in [0.05, 0.1) is 12.3 Å². The van der Waals surface area contributed by atoms with E-state index in [2.05, 4.69) is 16.8 Å². The van der Waals surface area contributed by atoms with Gasteiger partial charge in [0.25, 0.3) is 0 Å². The van der Waals surface area contributed by atoms with Crippen LogP contribution in [0.1, 0.15) is 43.1 Å². The molecule has 0 bridgehead atoms. The van der Waals surface area contributed by atoms with Gasteiger partial charge in [0, 0.05) is 18.7 Å². The summed E-state index contributed by atoms with van der Waals surface area (Å²) in [6.45, 7) is 3.66. The molecule has 2 aliphatic rings. The summed E-state index contributed by atoms with van der Waals surface area (Å²) in [6, 6.07) is 3.99. The Labute approximate surface area is 118 Å². The van der Waals surface area contributed by atoms with Crippen molar-refractivity contribution in [3.8, 4) is 5.88 Å². The van der Waals surface area contributed by atoms with Crippen molar-refractivity contribution in [1.82, 2.24) is 4.98 Å². The second-order valence-corrected chi connectivity index (χ2v) is 5.76. The fraction of sp³-hybridized carbons (Fsp3) is 0.600. The highest BCUT2D eigenvalue weighted by Gasteiger charge is 2.27. The van der Waals surface area contributed by atoms with E-state index in [-0.39, 0.29) is 5.69 Å². The molecule has 5 nitrogen and oxygen atoms in total. The van der Waals surface area contributed by atoms with Gasteiger partial charge in [-0.3, -0.25) is 0 Å². The predicted octanol–water partition coefficient (Wildman–Crippen LogP) is 2.56. The molecule has 3 rings (SSSR count). The first-order chi connectivity index (χ1) is 9.65. The minimum Gasteiger partial charge on any atom is -0.477 e. The zero-order valence-corrected chi connectivity index (χ0v) is 11.7. The molecule has 1 N–H and O–H groups in total. The van der Waals surface area contributed by atoms with Crippen molar-refractivity contribution in [1.29, 1.82) is 0 Å². The molecule has 1 aromatic rings. The van der Waals surface area contributed by atoms with Crippen LogP contribution in [0.2, 0.25) is 0 Å². The van der Waals surface area contributed by atoms with Crippen LogP contribution < -0.4 is 9.64 Å². The summed E-state index contributed by atoms with van der Waals surface area (Å²) in [5.41, 5.74) is 0.813. The summed E-state index contributed by atoms with van der Waals surface area (Å²) in [5, 5.41) is 9.38. The highest BCUT2D eigenvalue weighted by molar-refractivity contribution is 5.92. The van der Waals surface area contributed by atoms with Crippen molar-refractivity contribution in [2.75, 3.05) is 18.1 Å².